The van der Waals surface area contributed by atoms with Crippen molar-refractivity contribution in [3.8, 4) is 0 Å². The second-order valence-electron chi connectivity index (χ2n) is 4.38. The molecule has 2 rings (SSSR count). The van der Waals surface area contributed by atoms with E-state index in [1.807, 2.05) is 0 Å². The molecule has 86 valence electrons. The van der Waals surface area contributed by atoms with Gasteiger partial charge in [0, 0.05) is 6.54 Å². The molecule has 1 aliphatic carbocycles. The Morgan fingerprint density at radius 2 is 2.25 bits per heavy atom. The second-order valence-corrected chi connectivity index (χ2v) is 4.38. The summed E-state index contributed by atoms with van der Waals surface area (Å²) in [5.41, 5.74) is 5.84. The van der Waals surface area contributed by atoms with Gasteiger partial charge in [-0.25, -0.2) is 4.39 Å². The summed E-state index contributed by atoms with van der Waals surface area (Å²) in [5.74, 6) is -0.822. The number of benzene rings is 1. The number of amides is 1. The van der Waals surface area contributed by atoms with Gasteiger partial charge in [0.05, 0.1) is 11.1 Å². The number of carbonyl (C=O) groups excluding carboxylic acids is 1. The van der Waals surface area contributed by atoms with Crippen molar-refractivity contribution in [3.05, 3.63) is 35.1 Å². The molecule has 1 aromatic rings. The second kappa shape index (κ2) is 3.87. The maximum absolute atomic E-state index is 13.7. The van der Waals surface area contributed by atoms with Gasteiger partial charge in [-0.15, -0.1) is 0 Å². The fraction of sp³-hybridized carbons (Fsp3) is 0.417. The first kappa shape index (κ1) is 11.1. The van der Waals surface area contributed by atoms with Crippen LogP contribution in [0.1, 0.15) is 28.8 Å². The number of nitrogens with one attached hydrogen (secondary N) is 1. The Balaban J connectivity index is 2.18. The highest BCUT2D eigenvalue weighted by atomic mass is 19.1. The molecule has 0 spiro atoms. The molecule has 1 saturated carbocycles. The molecule has 0 radical (unpaired) electrons. The first-order chi connectivity index (χ1) is 7.58. The number of carbonyl (C=O) groups is 1. The molecule has 0 aliphatic heterocycles. The van der Waals surface area contributed by atoms with Crippen LogP contribution in [0.4, 0.5) is 4.39 Å². The van der Waals surface area contributed by atoms with E-state index >= 15 is 0 Å². The lowest BCUT2D eigenvalue weighted by atomic mass is 10.1. The Hall–Kier alpha value is -1.42. The molecule has 0 unspecified atom stereocenters. The first-order valence-corrected chi connectivity index (χ1v) is 5.36. The predicted molar refractivity (Wildman–Crippen MR) is 59.6 cm³/mol. The lowest BCUT2D eigenvalue weighted by Crippen LogP contribution is -2.42. The van der Waals surface area contributed by atoms with Crippen LogP contribution < -0.4 is 11.1 Å². The van der Waals surface area contributed by atoms with Crippen molar-refractivity contribution in [1.82, 2.24) is 5.32 Å². The van der Waals surface area contributed by atoms with Gasteiger partial charge >= 0.3 is 0 Å². The molecule has 16 heavy (non-hydrogen) atoms. The minimum Gasteiger partial charge on any atom is -0.345 e. The third kappa shape index (κ3) is 1.93. The Labute approximate surface area is 93.8 Å². The maximum Gasteiger partial charge on any atom is 0.254 e. The van der Waals surface area contributed by atoms with E-state index < -0.39 is 5.82 Å². The van der Waals surface area contributed by atoms with Crippen LogP contribution in [-0.4, -0.2) is 18.0 Å². The minimum atomic E-state index is -0.451. The average molecular weight is 222 g/mol. The van der Waals surface area contributed by atoms with Crippen LogP contribution in [0.3, 0.4) is 0 Å². The van der Waals surface area contributed by atoms with Crippen molar-refractivity contribution in [3.63, 3.8) is 0 Å². The highest BCUT2D eigenvalue weighted by Gasteiger charge is 2.42. The molecule has 1 amide bonds. The van der Waals surface area contributed by atoms with E-state index in [-0.39, 0.29) is 17.0 Å². The molecule has 3 nitrogen and oxygen atoms in total. The summed E-state index contributed by atoms with van der Waals surface area (Å²) >= 11 is 0. The monoisotopic (exact) mass is 222 g/mol. The summed E-state index contributed by atoms with van der Waals surface area (Å²) in [5, 5.41) is 2.80. The van der Waals surface area contributed by atoms with Crippen molar-refractivity contribution in [1.29, 1.82) is 0 Å². The van der Waals surface area contributed by atoms with Crippen LogP contribution >= 0.6 is 0 Å². The Bertz CT molecular complexity index is 427. The lowest BCUT2D eigenvalue weighted by Gasteiger charge is -2.15. The van der Waals surface area contributed by atoms with E-state index in [0.29, 0.717) is 12.1 Å². The van der Waals surface area contributed by atoms with Gasteiger partial charge in [0.2, 0.25) is 0 Å². The van der Waals surface area contributed by atoms with Crippen molar-refractivity contribution < 1.29 is 9.18 Å². The number of rotatable bonds is 3. The third-order valence-electron chi connectivity index (χ3n) is 3.06. The van der Waals surface area contributed by atoms with Crippen LogP contribution in [0.15, 0.2) is 18.2 Å². The largest absolute Gasteiger partial charge is 0.345 e. The first-order valence-electron chi connectivity index (χ1n) is 5.36. The van der Waals surface area contributed by atoms with Gasteiger partial charge < -0.3 is 11.1 Å². The van der Waals surface area contributed by atoms with Crippen molar-refractivity contribution >= 4 is 5.91 Å². The molecule has 0 saturated heterocycles. The zero-order valence-electron chi connectivity index (χ0n) is 9.22. The number of hydrogen-bond acceptors (Lipinski definition) is 2. The number of nitrogens with two attached hydrogens (primary N) is 1. The van der Waals surface area contributed by atoms with Gasteiger partial charge in [-0.2, -0.15) is 0 Å². The topological polar surface area (TPSA) is 55.1 Å². The fourth-order valence-electron chi connectivity index (χ4n) is 1.66. The third-order valence-corrected chi connectivity index (χ3v) is 3.06. The molecular weight excluding hydrogens is 207 g/mol. The van der Waals surface area contributed by atoms with Crippen LogP contribution in [0.2, 0.25) is 0 Å². The van der Waals surface area contributed by atoms with Crippen LogP contribution in [-0.2, 0) is 0 Å². The molecule has 4 heteroatoms. The van der Waals surface area contributed by atoms with Crippen LogP contribution in [0.25, 0.3) is 0 Å². The van der Waals surface area contributed by atoms with E-state index in [0.717, 1.165) is 12.8 Å². The summed E-state index contributed by atoms with van der Waals surface area (Å²) in [6.45, 7) is 2.05. The zero-order valence-corrected chi connectivity index (χ0v) is 9.22. The molecule has 0 aromatic heterocycles. The fourth-order valence-corrected chi connectivity index (χ4v) is 1.66. The molecule has 1 fully saturated rings. The summed E-state index contributed by atoms with van der Waals surface area (Å²) in [6, 6.07) is 4.81. The SMILES string of the molecule is Cc1cccc(C(=O)NC2(CN)CC2)c1F. The Morgan fingerprint density at radius 1 is 1.56 bits per heavy atom. The van der Waals surface area contributed by atoms with E-state index in [4.69, 9.17) is 5.73 Å². The van der Waals surface area contributed by atoms with Crippen molar-refractivity contribution in [2.75, 3.05) is 6.54 Å². The molecule has 0 atom stereocenters. The molecule has 1 aliphatic rings. The number of hydrogen-bond donors (Lipinski definition) is 2. The number of aryl methyl sites for hydroxylation is 1. The number of halogens is 1. The van der Waals surface area contributed by atoms with Gasteiger partial charge in [0.25, 0.3) is 5.91 Å². The summed E-state index contributed by atoms with van der Waals surface area (Å²) in [6.07, 6.45) is 1.76. The Morgan fingerprint density at radius 3 is 2.81 bits per heavy atom. The highest BCUT2D eigenvalue weighted by Crippen LogP contribution is 2.34. The quantitative estimate of drug-likeness (QED) is 0.811. The molecule has 0 bridgehead atoms. The minimum absolute atomic E-state index is 0.0970. The van der Waals surface area contributed by atoms with Crippen molar-refractivity contribution in [2.24, 2.45) is 5.73 Å². The smallest absolute Gasteiger partial charge is 0.254 e. The molecular formula is C12H15FN2O. The van der Waals surface area contributed by atoms with Crippen molar-refractivity contribution in [2.45, 2.75) is 25.3 Å². The van der Waals surface area contributed by atoms with E-state index in [1.54, 1.807) is 19.1 Å². The molecule has 3 N–H and O–H groups in total. The maximum atomic E-state index is 13.7. The predicted octanol–water partition coefficient (Wildman–Crippen LogP) is 1.36. The van der Waals surface area contributed by atoms with Gasteiger partial charge in [-0.05, 0) is 31.4 Å². The van der Waals surface area contributed by atoms with Crippen LogP contribution in [0.5, 0.6) is 0 Å². The summed E-state index contributed by atoms with van der Waals surface area (Å²) < 4.78 is 13.7. The van der Waals surface area contributed by atoms with Crippen LogP contribution in [0, 0.1) is 12.7 Å². The summed E-state index contributed by atoms with van der Waals surface area (Å²) in [4.78, 5) is 11.8. The van der Waals surface area contributed by atoms with E-state index in [1.165, 1.54) is 6.07 Å². The summed E-state index contributed by atoms with van der Waals surface area (Å²) in [7, 11) is 0. The van der Waals surface area contributed by atoms with Gasteiger partial charge in [-0.3, -0.25) is 4.79 Å². The normalized spacial score (nSPS) is 16.9. The lowest BCUT2D eigenvalue weighted by molar-refractivity contribution is 0.0929. The standard InChI is InChI=1S/C12H15FN2O/c1-8-3-2-4-9(10(8)13)11(16)15-12(7-14)5-6-12/h2-4H,5-7,14H2,1H3,(H,15,16). The Kier molecular flexibility index (Phi) is 2.68. The highest BCUT2D eigenvalue weighted by molar-refractivity contribution is 5.95. The van der Waals surface area contributed by atoms with Gasteiger partial charge in [0.1, 0.15) is 5.82 Å². The van der Waals surface area contributed by atoms with E-state index in [2.05, 4.69) is 5.32 Å². The van der Waals surface area contributed by atoms with Gasteiger partial charge in [-0.1, -0.05) is 12.1 Å². The zero-order chi connectivity index (χ0) is 11.8. The average Bonchev–Trinajstić information content (AvgIpc) is 3.02. The van der Waals surface area contributed by atoms with E-state index in [9.17, 15) is 9.18 Å². The molecule has 1 aromatic carbocycles. The van der Waals surface area contributed by atoms with Gasteiger partial charge in [0.15, 0.2) is 0 Å². The molecule has 0 heterocycles.